The summed E-state index contributed by atoms with van der Waals surface area (Å²) >= 11 is 0. The third-order valence-corrected chi connectivity index (χ3v) is 1.98. The highest BCUT2D eigenvalue weighted by atomic mass is 35.5. The van der Waals surface area contributed by atoms with Gasteiger partial charge in [-0.25, -0.2) is 0 Å². The Morgan fingerprint density at radius 1 is 1.38 bits per heavy atom. The van der Waals surface area contributed by atoms with Gasteiger partial charge in [0.05, 0.1) is 7.11 Å². The van der Waals surface area contributed by atoms with Crippen LogP contribution in [0.5, 0.6) is 5.75 Å². The summed E-state index contributed by atoms with van der Waals surface area (Å²) < 4.78 is 5.19. The van der Waals surface area contributed by atoms with Gasteiger partial charge in [-0.2, -0.15) is 0 Å². The van der Waals surface area contributed by atoms with Crippen molar-refractivity contribution >= 4 is 12.4 Å². The van der Waals surface area contributed by atoms with E-state index < -0.39 is 0 Å². The Balaban J connectivity index is 0.00000144. The third kappa shape index (κ3) is 2.90. The first-order valence-corrected chi connectivity index (χ1v) is 4.18. The second-order valence-corrected chi connectivity index (χ2v) is 2.76. The Morgan fingerprint density at radius 2 is 2.00 bits per heavy atom. The van der Waals surface area contributed by atoms with Crippen molar-refractivity contribution in [2.75, 3.05) is 7.11 Å². The molecule has 1 atom stereocenters. The summed E-state index contributed by atoms with van der Waals surface area (Å²) in [5, 5.41) is 0. The van der Waals surface area contributed by atoms with Gasteiger partial charge in [-0.15, -0.1) is 12.4 Å². The molecule has 0 aliphatic rings. The number of nitrogens with two attached hydrogens (primary N) is 1. The fourth-order valence-corrected chi connectivity index (χ4v) is 1.19. The number of benzene rings is 1. The Labute approximate surface area is 85.5 Å². The van der Waals surface area contributed by atoms with E-state index in [1.165, 1.54) is 0 Å². The first-order chi connectivity index (χ1) is 5.79. The Hall–Kier alpha value is -0.730. The molecule has 0 saturated carbocycles. The highest BCUT2D eigenvalue weighted by Gasteiger charge is 2.07. The van der Waals surface area contributed by atoms with Gasteiger partial charge in [0.2, 0.25) is 0 Å². The van der Waals surface area contributed by atoms with Gasteiger partial charge in [0.1, 0.15) is 5.75 Å². The van der Waals surface area contributed by atoms with Gasteiger partial charge in [0, 0.05) is 11.6 Å². The molecule has 2 nitrogen and oxygen atoms in total. The van der Waals surface area contributed by atoms with E-state index in [0.29, 0.717) is 0 Å². The van der Waals surface area contributed by atoms with Crippen LogP contribution in [0.4, 0.5) is 0 Å². The molecule has 0 heterocycles. The summed E-state index contributed by atoms with van der Waals surface area (Å²) in [6.07, 6.45) is 0.931. The number of rotatable bonds is 3. The smallest absolute Gasteiger partial charge is 0.123 e. The average Bonchev–Trinajstić information content (AvgIpc) is 2.16. The third-order valence-electron chi connectivity index (χ3n) is 1.98. The van der Waals surface area contributed by atoms with Crippen molar-refractivity contribution in [3.63, 3.8) is 0 Å². The maximum atomic E-state index is 5.89. The zero-order chi connectivity index (χ0) is 8.97. The number of ether oxygens (including phenoxy) is 1. The molecule has 1 aromatic rings. The molecule has 74 valence electrons. The quantitative estimate of drug-likeness (QED) is 0.816. The lowest BCUT2D eigenvalue weighted by Gasteiger charge is -2.12. The molecule has 1 unspecified atom stereocenters. The van der Waals surface area contributed by atoms with E-state index in [1.54, 1.807) is 7.11 Å². The van der Waals surface area contributed by atoms with Gasteiger partial charge >= 0.3 is 0 Å². The first kappa shape index (κ1) is 12.3. The predicted molar refractivity (Wildman–Crippen MR) is 57.5 cm³/mol. The molecule has 0 aliphatic heterocycles. The molecular weight excluding hydrogens is 186 g/mol. The van der Waals surface area contributed by atoms with E-state index in [4.69, 9.17) is 10.5 Å². The van der Waals surface area contributed by atoms with Crippen molar-refractivity contribution in [3.05, 3.63) is 29.8 Å². The van der Waals surface area contributed by atoms with Crippen LogP contribution < -0.4 is 10.5 Å². The summed E-state index contributed by atoms with van der Waals surface area (Å²) in [4.78, 5) is 0. The molecule has 0 bridgehead atoms. The maximum Gasteiger partial charge on any atom is 0.123 e. The number of hydrogen-bond acceptors (Lipinski definition) is 2. The minimum atomic E-state index is 0. The molecule has 0 spiro atoms. The first-order valence-electron chi connectivity index (χ1n) is 4.18. The average molecular weight is 202 g/mol. The molecule has 0 radical (unpaired) electrons. The van der Waals surface area contributed by atoms with E-state index >= 15 is 0 Å². The summed E-state index contributed by atoms with van der Waals surface area (Å²) in [7, 11) is 1.67. The van der Waals surface area contributed by atoms with Crippen LogP contribution in [-0.2, 0) is 0 Å². The molecule has 2 N–H and O–H groups in total. The molecule has 1 rings (SSSR count). The second kappa shape index (κ2) is 5.84. The Kier molecular flexibility index (Phi) is 5.51. The van der Waals surface area contributed by atoms with Crippen molar-refractivity contribution < 1.29 is 4.74 Å². The minimum Gasteiger partial charge on any atom is -0.496 e. The largest absolute Gasteiger partial charge is 0.496 e. The van der Waals surface area contributed by atoms with Gasteiger partial charge in [-0.05, 0) is 12.5 Å². The van der Waals surface area contributed by atoms with Gasteiger partial charge in [-0.1, -0.05) is 25.1 Å². The Morgan fingerprint density at radius 3 is 2.54 bits per heavy atom. The van der Waals surface area contributed by atoms with Crippen molar-refractivity contribution in [2.45, 2.75) is 19.4 Å². The van der Waals surface area contributed by atoms with Crippen molar-refractivity contribution in [2.24, 2.45) is 5.73 Å². The zero-order valence-electron chi connectivity index (χ0n) is 7.99. The van der Waals surface area contributed by atoms with E-state index in [1.807, 2.05) is 24.3 Å². The zero-order valence-corrected chi connectivity index (χ0v) is 8.80. The molecule has 0 saturated heterocycles. The highest BCUT2D eigenvalue weighted by molar-refractivity contribution is 5.85. The predicted octanol–water partition coefficient (Wildman–Crippen LogP) is 2.53. The van der Waals surface area contributed by atoms with E-state index in [0.717, 1.165) is 17.7 Å². The van der Waals surface area contributed by atoms with Crippen LogP contribution in [0.1, 0.15) is 24.9 Å². The van der Waals surface area contributed by atoms with Crippen LogP contribution in [0.25, 0.3) is 0 Å². The summed E-state index contributed by atoms with van der Waals surface area (Å²) in [5.74, 6) is 0.881. The van der Waals surface area contributed by atoms with Gasteiger partial charge in [-0.3, -0.25) is 0 Å². The second-order valence-electron chi connectivity index (χ2n) is 2.76. The highest BCUT2D eigenvalue weighted by Crippen LogP contribution is 2.24. The monoisotopic (exact) mass is 201 g/mol. The molecule has 0 aliphatic carbocycles. The van der Waals surface area contributed by atoms with Crippen molar-refractivity contribution in [1.82, 2.24) is 0 Å². The number of hydrogen-bond donors (Lipinski definition) is 1. The lowest BCUT2D eigenvalue weighted by molar-refractivity contribution is 0.405. The van der Waals surface area contributed by atoms with Crippen LogP contribution >= 0.6 is 12.4 Å². The summed E-state index contributed by atoms with van der Waals surface area (Å²) in [5.41, 5.74) is 6.98. The van der Waals surface area contributed by atoms with E-state index in [-0.39, 0.29) is 18.4 Å². The van der Waals surface area contributed by atoms with Crippen LogP contribution in [-0.4, -0.2) is 7.11 Å². The molecular formula is C10H16ClNO. The molecule has 13 heavy (non-hydrogen) atoms. The van der Waals surface area contributed by atoms with E-state index in [9.17, 15) is 0 Å². The molecule has 0 fully saturated rings. The summed E-state index contributed by atoms with van der Waals surface area (Å²) in [6, 6.07) is 7.96. The van der Waals surface area contributed by atoms with Crippen LogP contribution in [0.2, 0.25) is 0 Å². The van der Waals surface area contributed by atoms with Crippen LogP contribution in [0.15, 0.2) is 24.3 Å². The Bertz CT molecular complexity index is 252. The summed E-state index contributed by atoms with van der Waals surface area (Å²) in [6.45, 7) is 2.07. The number of methoxy groups -OCH3 is 1. The van der Waals surface area contributed by atoms with E-state index in [2.05, 4.69) is 6.92 Å². The molecule has 0 amide bonds. The lowest BCUT2D eigenvalue weighted by Crippen LogP contribution is -2.09. The lowest BCUT2D eigenvalue weighted by atomic mass is 10.0. The molecule has 0 aromatic heterocycles. The molecule has 3 heteroatoms. The van der Waals surface area contributed by atoms with Crippen LogP contribution in [0, 0.1) is 0 Å². The fourth-order valence-electron chi connectivity index (χ4n) is 1.19. The fraction of sp³-hybridized carbons (Fsp3) is 0.400. The maximum absolute atomic E-state index is 5.89. The standard InChI is InChI=1S/C10H15NO.ClH/c1-3-9(11)8-6-4-5-7-10(8)12-2;/h4-7,9H,3,11H2,1-2H3;1H. The SMILES string of the molecule is CCC(N)c1ccccc1OC.Cl. The molecule has 1 aromatic carbocycles. The van der Waals surface area contributed by atoms with Gasteiger partial charge in [0.15, 0.2) is 0 Å². The number of para-hydroxylation sites is 1. The van der Waals surface area contributed by atoms with Gasteiger partial charge < -0.3 is 10.5 Å². The minimum absolute atomic E-state index is 0. The van der Waals surface area contributed by atoms with Crippen molar-refractivity contribution in [3.8, 4) is 5.75 Å². The topological polar surface area (TPSA) is 35.2 Å². The van der Waals surface area contributed by atoms with Crippen molar-refractivity contribution in [1.29, 1.82) is 0 Å². The van der Waals surface area contributed by atoms with Gasteiger partial charge in [0.25, 0.3) is 0 Å². The number of halogens is 1. The van der Waals surface area contributed by atoms with Crippen LogP contribution in [0.3, 0.4) is 0 Å². The normalized spacial score (nSPS) is 11.6.